The van der Waals surface area contributed by atoms with Crippen LogP contribution in [0, 0.1) is 10.1 Å². The fourth-order valence-corrected chi connectivity index (χ4v) is 1.64. The van der Waals surface area contributed by atoms with Crippen molar-refractivity contribution in [3.63, 3.8) is 0 Å². The van der Waals surface area contributed by atoms with E-state index in [9.17, 15) is 14.9 Å². The summed E-state index contributed by atoms with van der Waals surface area (Å²) in [6.07, 6.45) is 4.11. The first kappa shape index (κ1) is 13.6. The molecule has 1 aliphatic rings. The van der Waals surface area contributed by atoms with Gasteiger partial charge in [-0.2, -0.15) is 0 Å². The number of nitro benzene ring substituents is 1. The van der Waals surface area contributed by atoms with Crippen molar-refractivity contribution >= 4 is 17.7 Å². The average Bonchev–Trinajstić information content (AvgIpc) is 2.88. The molecule has 0 radical (unpaired) electrons. The van der Waals surface area contributed by atoms with Crippen LogP contribution in [0.2, 0.25) is 0 Å². The number of nitrogens with zero attached hydrogens (tertiary/aromatic N) is 1. The number of nitrogens with one attached hydrogen (secondary N) is 1. The van der Waals surface area contributed by atoms with Gasteiger partial charge in [-0.05, 0) is 12.1 Å². The zero-order valence-corrected chi connectivity index (χ0v) is 10.5. The maximum atomic E-state index is 11.4. The van der Waals surface area contributed by atoms with Crippen LogP contribution in [-0.4, -0.2) is 24.2 Å². The second kappa shape index (κ2) is 5.87. The van der Waals surface area contributed by atoms with Crippen molar-refractivity contribution in [2.45, 2.75) is 0 Å². The summed E-state index contributed by atoms with van der Waals surface area (Å²) in [5.41, 5.74) is 0.120. The minimum Gasteiger partial charge on any atom is -0.454 e. The van der Waals surface area contributed by atoms with Crippen molar-refractivity contribution in [3.05, 3.63) is 46.5 Å². The van der Waals surface area contributed by atoms with E-state index in [-0.39, 0.29) is 24.0 Å². The molecule has 0 saturated heterocycles. The molecule has 2 rings (SSSR count). The molecule has 0 unspecified atom stereocenters. The number of nitro groups is 1. The molecule has 1 amide bonds. The van der Waals surface area contributed by atoms with E-state index < -0.39 is 4.92 Å². The molecule has 0 aromatic heterocycles. The van der Waals surface area contributed by atoms with Crippen LogP contribution in [0.1, 0.15) is 5.56 Å². The summed E-state index contributed by atoms with van der Waals surface area (Å²) < 4.78 is 10.2. The highest BCUT2D eigenvalue weighted by atomic mass is 16.7. The van der Waals surface area contributed by atoms with Crippen LogP contribution in [0.4, 0.5) is 5.69 Å². The van der Waals surface area contributed by atoms with Crippen LogP contribution >= 0.6 is 0 Å². The highest BCUT2D eigenvalue weighted by molar-refractivity contribution is 5.92. The Bertz CT molecular complexity index is 595. The molecule has 0 saturated carbocycles. The number of fused-ring (bicyclic) bond motifs is 1. The van der Waals surface area contributed by atoms with Crippen molar-refractivity contribution in [2.75, 3.05) is 13.3 Å². The Morgan fingerprint density at radius 3 is 2.80 bits per heavy atom. The van der Waals surface area contributed by atoms with E-state index in [4.69, 9.17) is 9.47 Å². The lowest BCUT2D eigenvalue weighted by Crippen LogP contribution is -2.20. The summed E-state index contributed by atoms with van der Waals surface area (Å²) in [5, 5.41) is 13.5. The molecule has 1 heterocycles. The predicted molar refractivity (Wildman–Crippen MR) is 71.5 cm³/mol. The molecule has 1 aromatic rings. The van der Waals surface area contributed by atoms with Gasteiger partial charge in [0.1, 0.15) is 0 Å². The summed E-state index contributed by atoms with van der Waals surface area (Å²) in [4.78, 5) is 21.9. The Morgan fingerprint density at radius 2 is 2.15 bits per heavy atom. The molecule has 7 heteroatoms. The second-order valence-electron chi connectivity index (χ2n) is 3.89. The molecule has 104 valence electrons. The molecule has 0 bridgehead atoms. The molecule has 0 atom stereocenters. The largest absolute Gasteiger partial charge is 0.454 e. The Morgan fingerprint density at radius 1 is 1.45 bits per heavy atom. The van der Waals surface area contributed by atoms with E-state index in [1.807, 2.05) is 0 Å². The van der Waals surface area contributed by atoms with Crippen LogP contribution < -0.4 is 14.8 Å². The van der Waals surface area contributed by atoms with Gasteiger partial charge in [-0.1, -0.05) is 6.08 Å². The number of hydrogen-bond donors (Lipinski definition) is 1. The number of amides is 1. The van der Waals surface area contributed by atoms with Gasteiger partial charge in [-0.25, -0.2) is 0 Å². The van der Waals surface area contributed by atoms with Crippen LogP contribution in [0.5, 0.6) is 11.5 Å². The maximum absolute atomic E-state index is 11.4. The third kappa shape index (κ3) is 2.94. The number of benzene rings is 1. The number of rotatable bonds is 5. The third-order valence-electron chi connectivity index (χ3n) is 2.55. The SMILES string of the molecule is C=CCNC(=O)/C=C/c1cc2c(cc1[N+](=O)[O-])OCO2. The normalized spacial score (nSPS) is 12.4. The number of carbonyl (C=O) groups is 1. The molecule has 1 aromatic carbocycles. The van der Waals surface area contributed by atoms with E-state index in [2.05, 4.69) is 11.9 Å². The van der Waals surface area contributed by atoms with Gasteiger partial charge < -0.3 is 14.8 Å². The monoisotopic (exact) mass is 276 g/mol. The molecule has 0 spiro atoms. The predicted octanol–water partition coefficient (Wildman–Crippen LogP) is 1.64. The molecular formula is C13H12N2O5. The lowest BCUT2D eigenvalue weighted by atomic mass is 10.1. The maximum Gasteiger partial charge on any atom is 0.280 e. The lowest BCUT2D eigenvalue weighted by molar-refractivity contribution is -0.385. The van der Waals surface area contributed by atoms with Gasteiger partial charge in [0, 0.05) is 12.6 Å². The summed E-state index contributed by atoms with van der Waals surface area (Å²) in [5.74, 6) is 0.378. The fourth-order valence-electron chi connectivity index (χ4n) is 1.64. The summed E-state index contributed by atoms with van der Waals surface area (Å²) in [6, 6.07) is 2.75. The molecule has 0 fully saturated rings. The Balaban J connectivity index is 2.26. The minimum atomic E-state index is -0.538. The first-order chi connectivity index (χ1) is 9.61. The molecule has 7 nitrogen and oxygen atoms in total. The average molecular weight is 276 g/mol. The van der Waals surface area contributed by atoms with Crippen molar-refractivity contribution in [1.82, 2.24) is 5.32 Å². The van der Waals surface area contributed by atoms with E-state index in [0.29, 0.717) is 18.0 Å². The summed E-state index contributed by atoms with van der Waals surface area (Å²) in [6.45, 7) is 3.82. The van der Waals surface area contributed by atoms with Gasteiger partial charge >= 0.3 is 0 Å². The number of carbonyl (C=O) groups excluding carboxylic acids is 1. The Labute approximate surface area is 114 Å². The van der Waals surface area contributed by atoms with Gasteiger partial charge in [0.2, 0.25) is 12.7 Å². The molecule has 20 heavy (non-hydrogen) atoms. The fraction of sp³-hybridized carbons (Fsp3) is 0.154. The van der Waals surface area contributed by atoms with Gasteiger partial charge in [0.05, 0.1) is 16.6 Å². The number of ether oxygens (including phenoxy) is 2. The minimum absolute atomic E-state index is 0.0273. The molecule has 1 N–H and O–H groups in total. The van der Waals surface area contributed by atoms with Crippen LogP contribution in [0.25, 0.3) is 6.08 Å². The van der Waals surface area contributed by atoms with Crippen molar-refractivity contribution < 1.29 is 19.2 Å². The molecule has 0 aliphatic carbocycles. The zero-order valence-electron chi connectivity index (χ0n) is 10.5. The van der Waals surface area contributed by atoms with Crippen LogP contribution in [0.3, 0.4) is 0 Å². The lowest BCUT2D eigenvalue weighted by Gasteiger charge is -2.01. The van der Waals surface area contributed by atoms with Crippen molar-refractivity contribution in [2.24, 2.45) is 0 Å². The third-order valence-corrected chi connectivity index (χ3v) is 2.55. The summed E-state index contributed by atoms with van der Waals surface area (Å²) in [7, 11) is 0. The zero-order chi connectivity index (χ0) is 14.5. The van der Waals surface area contributed by atoms with E-state index >= 15 is 0 Å². The van der Waals surface area contributed by atoms with Gasteiger partial charge in [0.25, 0.3) is 5.69 Å². The summed E-state index contributed by atoms with van der Waals surface area (Å²) >= 11 is 0. The highest BCUT2D eigenvalue weighted by Gasteiger charge is 2.22. The van der Waals surface area contributed by atoms with E-state index in [1.54, 1.807) is 0 Å². The Hall–Kier alpha value is -2.83. The number of hydrogen-bond acceptors (Lipinski definition) is 5. The molecular weight excluding hydrogens is 264 g/mol. The highest BCUT2D eigenvalue weighted by Crippen LogP contribution is 2.38. The first-order valence-corrected chi connectivity index (χ1v) is 5.76. The first-order valence-electron chi connectivity index (χ1n) is 5.76. The van der Waals surface area contributed by atoms with E-state index in [0.717, 1.165) is 0 Å². The van der Waals surface area contributed by atoms with Gasteiger partial charge in [-0.3, -0.25) is 14.9 Å². The standard InChI is InChI=1S/C13H12N2O5/c1-2-5-14-13(16)4-3-9-6-11-12(20-8-19-11)7-10(9)15(17)18/h2-4,6-7H,1,5,8H2,(H,14,16)/b4-3+. The van der Waals surface area contributed by atoms with Crippen molar-refractivity contribution in [3.8, 4) is 11.5 Å². The molecule has 1 aliphatic heterocycles. The van der Waals surface area contributed by atoms with Crippen LogP contribution in [0.15, 0.2) is 30.9 Å². The van der Waals surface area contributed by atoms with Gasteiger partial charge in [0.15, 0.2) is 11.5 Å². The topological polar surface area (TPSA) is 90.7 Å². The smallest absolute Gasteiger partial charge is 0.280 e. The van der Waals surface area contributed by atoms with Crippen molar-refractivity contribution in [1.29, 1.82) is 0 Å². The second-order valence-corrected chi connectivity index (χ2v) is 3.89. The van der Waals surface area contributed by atoms with E-state index in [1.165, 1.54) is 30.4 Å². The quantitative estimate of drug-likeness (QED) is 0.382. The Kier molecular flexibility index (Phi) is 3.99. The van der Waals surface area contributed by atoms with Gasteiger partial charge in [-0.15, -0.1) is 6.58 Å². The van der Waals surface area contributed by atoms with Crippen LogP contribution in [-0.2, 0) is 4.79 Å².